The Balaban J connectivity index is 2.05. The van der Waals surface area contributed by atoms with Gasteiger partial charge >= 0.3 is 152 Å². The van der Waals surface area contributed by atoms with Gasteiger partial charge in [-0.1, -0.05) is 0 Å². The minimum atomic E-state index is -2.88. The van der Waals surface area contributed by atoms with E-state index < -0.39 is 30.5 Å². The number of furan rings is 1. The van der Waals surface area contributed by atoms with Crippen molar-refractivity contribution in [1.29, 1.82) is 0 Å². The molecule has 0 spiro atoms. The molecule has 0 aromatic carbocycles. The Labute approximate surface area is 152 Å². The maximum absolute atomic E-state index is 6.87. The molecule has 1 aromatic heterocycles. The van der Waals surface area contributed by atoms with Crippen LogP contribution in [0.15, 0.2) is 35.1 Å². The van der Waals surface area contributed by atoms with E-state index in [2.05, 4.69) is 64.7 Å². The molecular weight excluding hydrogens is 393 g/mol. The summed E-state index contributed by atoms with van der Waals surface area (Å²) in [6.45, 7) is 17.1. The third-order valence-electron chi connectivity index (χ3n) is 4.91. The first-order valence-electron chi connectivity index (χ1n) is 9.07. The van der Waals surface area contributed by atoms with Gasteiger partial charge in [-0.2, -0.15) is 0 Å². The van der Waals surface area contributed by atoms with Crippen LogP contribution in [-0.4, -0.2) is 50.7 Å². The number of hydrogen-bond donors (Lipinski definition) is 0. The predicted molar refractivity (Wildman–Crippen MR) is 107 cm³/mol. The monoisotopic (exact) mass is 426 g/mol. The minimum absolute atomic E-state index is 0.495. The predicted octanol–water partition coefficient (Wildman–Crippen LogP) is 4.35. The summed E-state index contributed by atoms with van der Waals surface area (Å²) >= 11 is -2.88. The van der Waals surface area contributed by atoms with Crippen LogP contribution in [0.3, 0.4) is 0 Å². The molecule has 0 bridgehead atoms. The summed E-state index contributed by atoms with van der Waals surface area (Å²) in [5.74, 6) is 1.09. The summed E-state index contributed by atoms with van der Waals surface area (Å²) < 4.78 is 18.7. The van der Waals surface area contributed by atoms with Gasteiger partial charge in [0, 0.05) is 0 Å². The van der Waals surface area contributed by atoms with Crippen molar-refractivity contribution in [1.82, 2.24) is 7.05 Å². The summed E-state index contributed by atoms with van der Waals surface area (Å²) in [4.78, 5) is 0. The van der Waals surface area contributed by atoms with Crippen LogP contribution in [0.25, 0.3) is 0 Å². The van der Waals surface area contributed by atoms with Gasteiger partial charge in [-0.15, -0.1) is 0 Å². The Morgan fingerprint density at radius 3 is 2.50 bits per heavy atom. The standard InChI is InChI=1S/C17H32GeN2O2Si2/c1-23(2,3)20(24(4,5)6)18-16(15-17-9-7-13-21-17)10-12-19(18)11-8-14-22-18/h7,9-10,12-13,16H,8,11,14-15H2,1-6H3. The van der Waals surface area contributed by atoms with Crippen LogP contribution in [0.2, 0.25) is 44.0 Å². The first-order valence-corrected chi connectivity index (χ1v) is 19.9. The van der Waals surface area contributed by atoms with Crippen molar-refractivity contribution in [2.75, 3.05) is 13.2 Å². The van der Waals surface area contributed by atoms with Gasteiger partial charge in [0.2, 0.25) is 0 Å². The maximum atomic E-state index is 6.87. The van der Waals surface area contributed by atoms with Crippen LogP contribution in [-0.2, 0) is 10.2 Å². The second-order valence-corrected chi connectivity index (χ2v) is 27.9. The third-order valence-corrected chi connectivity index (χ3v) is 31.4. The van der Waals surface area contributed by atoms with Crippen molar-refractivity contribution in [2.24, 2.45) is 0 Å². The van der Waals surface area contributed by atoms with Crippen LogP contribution in [0.1, 0.15) is 12.2 Å². The molecule has 1 fully saturated rings. The number of fused-ring (bicyclic) bond motifs is 1. The van der Waals surface area contributed by atoms with Crippen LogP contribution in [0.4, 0.5) is 0 Å². The molecular formula is C17H32GeN2O2Si2. The number of nitrogens with zero attached hydrogens (tertiary/aromatic N) is 2. The van der Waals surface area contributed by atoms with Crippen molar-refractivity contribution < 1.29 is 8.18 Å². The van der Waals surface area contributed by atoms with Gasteiger partial charge in [-0.25, -0.2) is 0 Å². The summed E-state index contributed by atoms with van der Waals surface area (Å²) in [5.41, 5.74) is 0. The van der Waals surface area contributed by atoms with Crippen LogP contribution in [0, 0.1) is 0 Å². The molecule has 2 aliphatic heterocycles. The fraction of sp³-hybridized carbons (Fsp3) is 0.647. The van der Waals surface area contributed by atoms with Crippen molar-refractivity contribution in [3.8, 4) is 0 Å². The van der Waals surface area contributed by atoms with Crippen LogP contribution >= 0.6 is 0 Å². The van der Waals surface area contributed by atoms with Crippen molar-refractivity contribution >= 4 is 30.5 Å². The average molecular weight is 425 g/mol. The summed E-state index contributed by atoms with van der Waals surface area (Å²) in [6, 6.07) is 4.12. The van der Waals surface area contributed by atoms with Gasteiger partial charge in [0.05, 0.1) is 0 Å². The van der Waals surface area contributed by atoms with Gasteiger partial charge in [0.1, 0.15) is 0 Å². The molecule has 0 saturated carbocycles. The van der Waals surface area contributed by atoms with E-state index in [1.54, 1.807) is 6.26 Å². The molecule has 2 aliphatic rings. The zero-order valence-corrected chi connectivity index (χ0v) is 20.1. The molecule has 3 rings (SSSR count). The molecule has 4 nitrogen and oxygen atoms in total. The molecule has 0 amide bonds. The van der Waals surface area contributed by atoms with Crippen molar-refractivity contribution in [3.05, 3.63) is 36.4 Å². The molecule has 3 heterocycles. The molecule has 1 saturated heterocycles. The second-order valence-electron chi connectivity index (χ2n) is 8.96. The van der Waals surface area contributed by atoms with Gasteiger partial charge in [0.25, 0.3) is 0 Å². The van der Waals surface area contributed by atoms with E-state index in [-0.39, 0.29) is 0 Å². The molecule has 7 heteroatoms. The Bertz CT molecular complexity index is 581. The van der Waals surface area contributed by atoms with E-state index >= 15 is 0 Å². The Morgan fingerprint density at radius 1 is 1.21 bits per heavy atom. The zero-order chi connectivity index (χ0) is 17.6. The van der Waals surface area contributed by atoms with E-state index in [1.807, 2.05) is 6.07 Å². The molecule has 0 aliphatic carbocycles. The third kappa shape index (κ3) is 3.23. The van der Waals surface area contributed by atoms with Crippen molar-refractivity contribution in [2.45, 2.75) is 56.9 Å². The summed E-state index contributed by atoms with van der Waals surface area (Å²) in [5, 5.41) is 0. The van der Waals surface area contributed by atoms with Gasteiger partial charge < -0.3 is 0 Å². The Hall–Kier alpha value is -0.283. The summed E-state index contributed by atoms with van der Waals surface area (Å²) in [6.07, 6.45) is 8.71. The molecule has 0 radical (unpaired) electrons. The molecule has 1 aromatic rings. The molecule has 2 unspecified atom stereocenters. The normalized spacial score (nSPS) is 27.8. The van der Waals surface area contributed by atoms with E-state index in [1.165, 1.54) is 0 Å². The zero-order valence-electron chi connectivity index (χ0n) is 16.0. The second kappa shape index (κ2) is 6.46. The van der Waals surface area contributed by atoms with E-state index in [9.17, 15) is 0 Å². The number of rotatable bonds is 5. The van der Waals surface area contributed by atoms with Gasteiger partial charge in [-0.05, 0) is 0 Å². The molecule has 24 heavy (non-hydrogen) atoms. The SMILES string of the molecule is C[Si](C)(C)[N]([Si](C)(C)C)[Ge]12[O]CCC[N]1C=C[CH]2Cc1ccco1. The molecule has 134 valence electrons. The first kappa shape index (κ1) is 18.5. The molecule has 2 atom stereocenters. The van der Waals surface area contributed by atoms with E-state index in [0.29, 0.717) is 4.75 Å². The van der Waals surface area contributed by atoms with E-state index in [0.717, 1.165) is 31.8 Å². The quantitative estimate of drug-likeness (QED) is 0.656. The molecule has 0 N–H and O–H groups in total. The average Bonchev–Trinajstić information content (AvgIpc) is 3.05. The topological polar surface area (TPSA) is 28.9 Å². The first-order chi connectivity index (χ1) is 11.2. The Morgan fingerprint density at radius 2 is 1.92 bits per heavy atom. The van der Waals surface area contributed by atoms with Crippen molar-refractivity contribution in [3.63, 3.8) is 0 Å². The number of allylic oxidation sites excluding steroid dienone is 1. The van der Waals surface area contributed by atoms with Crippen LogP contribution < -0.4 is 0 Å². The fourth-order valence-electron chi connectivity index (χ4n) is 4.71. The van der Waals surface area contributed by atoms with Gasteiger partial charge in [0.15, 0.2) is 0 Å². The summed E-state index contributed by atoms with van der Waals surface area (Å²) in [7, 11) is -3.01. The Kier molecular flexibility index (Phi) is 4.98. The van der Waals surface area contributed by atoms with Gasteiger partial charge in [-0.3, -0.25) is 0 Å². The number of hydrogen-bond acceptors (Lipinski definition) is 4. The van der Waals surface area contributed by atoms with Crippen LogP contribution in [0.5, 0.6) is 0 Å². The fourth-order valence-corrected chi connectivity index (χ4v) is 38.0. The van der Waals surface area contributed by atoms with E-state index in [4.69, 9.17) is 8.18 Å².